The Labute approximate surface area is 149 Å². The minimum absolute atomic E-state index is 0.149. The van der Waals surface area contributed by atoms with Gasteiger partial charge in [0.2, 0.25) is 0 Å². The molecule has 0 unspecified atom stereocenters. The van der Waals surface area contributed by atoms with Crippen LogP contribution in [-0.2, 0) is 14.3 Å². The molecule has 0 spiro atoms. The van der Waals surface area contributed by atoms with Crippen LogP contribution in [0.15, 0.2) is 18.5 Å². The predicted molar refractivity (Wildman–Crippen MR) is 96.3 cm³/mol. The maximum absolute atomic E-state index is 12.1. The van der Waals surface area contributed by atoms with Crippen molar-refractivity contribution in [2.75, 3.05) is 25.0 Å². The van der Waals surface area contributed by atoms with Crippen LogP contribution in [0, 0.1) is 6.92 Å². The van der Waals surface area contributed by atoms with Crippen LogP contribution in [-0.4, -0.2) is 59.1 Å². The third-order valence-corrected chi connectivity index (χ3v) is 4.45. The van der Waals surface area contributed by atoms with Gasteiger partial charge in [-0.15, -0.1) is 0 Å². The van der Waals surface area contributed by atoms with Crippen molar-refractivity contribution in [3.63, 3.8) is 0 Å². The maximum Gasteiger partial charge on any atom is 0.313 e. The number of carbonyl (C=O) groups is 2. The van der Waals surface area contributed by atoms with Crippen LogP contribution in [0.5, 0.6) is 0 Å². The summed E-state index contributed by atoms with van der Waals surface area (Å²) < 4.78 is 5.75. The topological polar surface area (TPSA) is 83.6 Å². The molecule has 25 heavy (non-hydrogen) atoms. The molecular formula is C18H28N4O3. The van der Waals surface area contributed by atoms with Crippen molar-refractivity contribution < 1.29 is 14.3 Å². The van der Waals surface area contributed by atoms with Gasteiger partial charge in [0.25, 0.3) is 0 Å². The van der Waals surface area contributed by atoms with Crippen molar-refractivity contribution in [1.29, 1.82) is 0 Å². The van der Waals surface area contributed by atoms with E-state index >= 15 is 0 Å². The Morgan fingerprint density at radius 1 is 1.28 bits per heavy atom. The molecule has 2 amide bonds. The molecule has 2 N–H and O–H groups in total. The summed E-state index contributed by atoms with van der Waals surface area (Å²) in [6.45, 7) is 12.0. The van der Waals surface area contributed by atoms with Crippen LogP contribution in [0.1, 0.15) is 33.3 Å². The summed E-state index contributed by atoms with van der Waals surface area (Å²) in [5, 5.41) is 5.33. The summed E-state index contributed by atoms with van der Waals surface area (Å²) in [6, 6.07) is 1.78. The number of nitrogens with one attached hydrogen (secondary N) is 2. The summed E-state index contributed by atoms with van der Waals surface area (Å²) in [7, 11) is 0. The normalized spacial score (nSPS) is 21.6. The second kappa shape index (κ2) is 7.93. The van der Waals surface area contributed by atoms with Crippen molar-refractivity contribution >= 4 is 17.5 Å². The van der Waals surface area contributed by atoms with Gasteiger partial charge in [0.15, 0.2) is 0 Å². The molecule has 1 aromatic heterocycles. The van der Waals surface area contributed by atoms with Crippen LogP contribution in [0.2, 0.25) is 0 Å². The van der Waals surface area contributed by atoms with Crippen molar-refractivity contribution in [2.45, 2.75) is 52.4 Å². The molecule has 0 aromatic carbocycles. The number of carbonyl (C=O) groups excluding carboxylic acids is 2. The molecule has 2 heterocycles. The number of anilines is 1. The van der Waals surface area contributed by atoms with Gasteiger partial charge in [-0.3, -0.25) is 19.5 Å². The third kappa shape index (κ3) is 5.24. The van der Waals surface area contributed by atoms with Gasteiger partial charge in [-0.2, -0.15) is 0 Å². The largest absolute Gasteiger partial charge is 0.373 e. The molecule has 0 saturated carbocycles. The number of morpholine rings is 1. The fourth-order valence-corrected chi connectivity index (χ4v) is 2.93. The minimum atomic E-state index is -0.685. The number of hydrogen-bond acceptors (Lipinski definition) is 5. The van der Waals surface area contributed by atoms with E-state index in [-0.39, 0.29) is 17.7 Å². The van der Waals surface area contributed by atoms with Crippen LogP contribution < -0.4 is 10.6 Å². The van der Waals surface area contributed by atoms with Crippen molar-refractivity contribution in [1.82, 2.24) is 15.2 Å². The lowest BCUT2D eigenvalue weighted by Crippen LogP contribution is -2.59. The highest BCUT2D eigenvalue weighted by atomic mass is 16.5. The lowest BCUT2D eigenvalue weighted by molar-refractivity contribution is -0.137. The van der Waals surface area contributed by atoms with Gasteiger partial charge in [-0.1, -0.05) is 0 Å². The Balaban J connectivity index is 1.89. The number of rotatable bonds is 4. The van der Waals surface area contributed by atoms with E-state index in [4.69, 9.17) is 4.74 Å². The van der Waals surface area contributed by atoms with Gasteiger partial charge in [0.05, 0.1) is 24.1 Å². The Hall–Kier alpha value is -1.99. The summed E-state index contributed by atoms with van der Waals surface area (Å²) in [5.74, 6) is -1.33. The Kier molecular flexibility index (Phi) is 6.13. The van der Waals surface area contributed by atoms with E-state index in [0.717, 1.165) is 18.7 Å². The SMILES string of the molecule is Cc1ccncc1NC(=O)C(=O)NCC(C)(C)N1C[C@@H](C)O[C@H](C)C1. The van der Waals surface area contributed by atoms with Gasteiger partial charge >= 0.3 is 11.8 Å². The van der Waals surface area contributed by atoms with Crippen molar-refractivity contribution in [2.24, 2.45) is 0 Å². The predicted octanol–water partition coefficient (Wildman–Crippen LogP) is 1.33. The molecule has 2 rings (SSSR count). The lowest BCUT2D eigenvalue weighted by atomic mass is 10.00. The summed E-state index contributed by atoms with van der Waals surface area (Å²) in [5.41, 5.74) is 1.12. The number of ether oxygens (including phenoxy) is 1. The third-order valence-electron chi connectivity index (χ3n) is 4.45. The molecule has 7 nitrogen and oxygen atoms in total. The van der Waals surface area contributed by atoms with E-state index in [2.05, 4.69) is 34.4 Å². The van der Waals surface area contributed by atoms with Gasteiger partial charge in [-0.25, -0.2) is 0 Å². The van der Waals surface area contributed by atoms with E-state index in [1.54, 1.807) is 12.3 Å². The van der Waals surface area contributed by atoms with Crippen LogP contribution in [0.4, 0.5) is 5.69 Å². The average Bonchev–Trinajstić information content (AvgIpc) is 2.54. The molecule has 0 bridgehead atoms. The molecule has 138 valence electrons. The van der Waals surface area contributed by atoms with E-state index in [9.17, 15) is 9.59 Å². The summed E-state index contributed by atoms with van der Waals surface area (Å²) >= 11 is 0. The molecule has 2 atom stereocenters. The van der Waals surface area contributed by atoms with Crippen LogP contribution in [0.25, 0.3) is 0 Å². The first kappa shape index (κ1) is 19.3. The number of hydrogen-bond donors (Lipinski definition) is 2. The number of aromatic nitrogens is 1. The average molecular weight is 348 g/mol. The van der Waals surface area contributed by atoms with Gasteiger partial charge in [-0.05, 0) is 46.2 Å². The van der Waals surface area contributed by atoms with E-state index in [0.29, 0.717) is 12.2 Å². The van der Waals surface area contributed by atoms with Crippen molar-refractivity contribution in [3.8, 4) is 0 Å². The monoisotopic (exact) mass is 348 g/mol. The number of pyridine rings is 1. The lowest BCUT2D eigenvalue weighted by Gasteiger charge is -2.45. The fourth-order valence-electron chi connectivity index (χ4n) is 2.93. The quantitative estimate of drug-likeness (QED) is 0.802. The summed E-state index contributed by atoms with van der Waals surface area (Å²) in [6.07, 6.45) is 3.46. The molecule has 0 radical (unpaired) electrons. The maximum atomic E-state index is 12.1. The number of nitrogens with zero attached hydrogens (tertiary/aromatic N) is 2. The van der Waals surface area contributed by atoms with Crippen LogP contribution in [0.3, 0.4) is 0 Å². The minimum Gasteiger partial charge on any atom is -0.373 e. The number of amides is 2. The Morgan fingerprint density at radius 3 is 2.52 bits per heavy atom. The Morgan fingerprint density at radius 2 is 1.92 bits per heavy atom. The zero-order valence-corrected chi connectivity index (χ0v) is 15.6. The first-order chi connectivity index (χ1) is 11.7. The van der Waals surface area contributed by atoms with E-state index in [1.165, 1.54) is 6.20 Å². The highest BCUT2D eigenvalue weighted by Crippen LogP contribution is 2.20. The zero-order valence-electron chi connectivity index (χ0n) is 15.6. The smallest absolute Gasteiger partial charge is 0.313 e. The fraction of sp³-hybridized carbons (Fsp3) is 0.611. The second-order valence-corrected chi connectivity index (χ2v) is 7.30. The number of aryl methyl sites for hydroxylation is 1. The van der Waals surface area contributed by atoms with Crippen LogP contribution >= 0.6 is 0 Å². The molecule has 1 aromatic rings. The molecular weight excluding hydrogens is 320 g/mol. The molecule has 1 fully saturated rings. The first-order valence-corrected chi connectivity index (χ1v) is 8.59. The first-order valence-electron chi connectivity index (χ1n) is 8.59. The highest BCUT2D eigenvalue weighted by Gasteiger charge is 2.33. The van der Waals surface area contributed by atoms with Gasteiger partial charge in [0, 0.05) is 31.4 Å². The molecule has 7 heteroatoms. The molecule has 1 aliphatic rings. The summed E-state index contributed by atoms with van der Waals surface area (Å²) in [4.78, 5) is 30.4. The van der Waals surface area contributed by atoms with E-state index < -0.39 is 11.8 Å². The van der Waals surface area contributed by atoms with Gasteiger partial charge < -0.3 is 15.4 Å². The highest BCUT2D eigenvalue weighted by molar-refractivity contribution is 6.39. The van der Waals surface area contributed by atoms with Gasteiger partial charge in [0.1, 0.15) is 0 Å². The molecule has 0 aliphatic carbocycles. The Bertz CT molecular complexity index is 623. The standard InChI is InChI=1S/C18H28N4O3/c1-12-6-7-19-8-15(12)21-17(24)16(23)20-11-18(4,5)22-9-13(2)25-14(3)10-22/h6-8,13-14H,9-11H2,1-5H3,(H,20,23)(H,21,24)/t13-,14-/m1/s1. The zero-order chi connectivity index (χ0) is 18.6. The van der Waals surface area contributed by atoms with Crippen molar-refractivity contribution in [3.05, 3.63) is 24.0 Å². The molecule has 1 aliphatic heterocycles. The van der Waals surface area contributed by atoms with E-state index in [1.807, 2.05) is 20.8 Å². The second-order valence-electron chi connectivity index (χ2n) is 7.30. The molecule has 1 saturated heterocycles.